The first-order valence-corrected chi connectivity index (χ1v) is 3.88. The lowest BCUT2D eigenvalue weighted by Crippen LogP contribution is -2.37. The topological polar surface area (TPSA) is 80.4 Å². The van der Waals surface area contributed by atoms with Crippen molar-refractivity contribution in [2.45, 2.75) is 25.3 Å². The number of hydrogen-bond acceptors (Lipinski definition) is 3. The molecule has 6 heteroatoms. The highest BCUT2D eigenvalue weighted by molar-refractivity contribution is 6.17. The van der Waals surface area contributed by atoms with Gasteiger partial charge in [-0.15, -0.1) is 11.6 Å². The quantitative estimate of drug-likeness (QED) is 0.405. The van der Waals surface area contributed by atoms with Crippen LogP contribution in [-0.2, 0) is 4.79 Å². The molecule has 0 saturated heterocycles. The molecular formula is C6H10ClNO4. The molecule has 0 aliphatic heterocycles. The first-order valence-electron chi connectivity index (χ1n) is 3.34. The molecule has 70 valence electrons. The Labute approximate surface area is 74.5 Å². The Kier molecular flexibility index (Phi) is 3.95. The predicted molar refractivity (Wildman–Crippen MR) is 43.0 cm³/mol. The first-order chi connectivity index (χ1) is 5.42. The minimum Gasteiger partial charge on any atom is -0.481 e. The van der Waals surface area contributed by atoms with Gasteiger partial charge < -0.3 is 5.11 Å². The number of carboxylic acid groups (broad SMARTS) is 1. The molecule has 1 unspecified atom stereocenters. The normalized spacial score (nSPS) is 15.2. The summed E-state index contributed by atoms with van der Waals surface area (Å²) in [5, 5.41) is 18.8. The van der Waals surface area contributed by atoms with Crippen LogP contribution in [0.5, 0.6) is 0 Å². The molecule has 0 heterocycles. The molecule has 12 heavy (non-hydrogen) atoms. The zero-order valence-corrected chi connectivity index (χ0v) is 7.37. The summed E-state index contributed by atoms with van der Waals surface area (Å²) in [4.78, 5) is 20.1. The van der Waals surface area contributed by atoms with Crippen molar-refractivity contribution in [3.8, 4) is 0 Å². The Morgan fingerprint density at radius 1 is 1.75 bits per heavy atom. The summed E-state index contributed by atoms with van der Waals surface area (Å²) in [7, 11) is 0. The van der Waals surface area contributed by atoms with E-state index in [0.29, 0.717) is 0 Å². The SMILES string of the molecule is CC(CCCl)(CC(=O)O)[N+](=O)[O-]. The van der Waals surface area contributed by atoms with E-state index < -0.39 is 22.9 Å². The van der Waals surface area contributed by atoms with Gasteiger partial charge in [-0.2, -0.15) is 0 Å². The van der Waals surface area contributed by atoms with Crippen LogP contribution in [0.1, 0.15) is 19.8 Å². The number of alkyl halides is 1. The maximum Gasteiger partial charge on any atom is 0.310 e. The fourth-order valence-corrected chi connectivity index (χ4v) is 1.18. The van der Waals surface area contributed by atoms with E-state index in [-0.39, 0.29) is 12.3 Å². The number of hydrogen-bond donors (Lipinski definition) is 1. The van der Waals surface area contributed by atoms with Crippen molar-refractivity contribution in [1.82, 2.24) is 0 Å². The van der Waals surface area contributed by atoms with Crippen LogP contribution in [0.2, 0.25) is 0 Å². The second-order valence-corrected chi connectivity index (χ2v) is 3.14. The van der Waals surface area contributed by atoms with Gasteiger partial charge in [-0.05, 0) is 0 Å². The van der Waals surface area contributed by atoms with Crippen LogP contribution in [-0.4, -0.2) is 27.4 Å². The first kappa shape index (κ1) is 11.2. The van der Waals surface area contributed by atoms with Gasteiger partial charge >= 0.3 is 5.97 Å². The van der Waals surface area contributed by atoms with E-state index >= 15 is 0 Å². The van der Waals surface area contributed by atoms with Crippen molar-refractivity contribution < 1.29 is 14.8 Å². The van der Waals surface area contributed by atoms with Gasteiger partial charge in [0.15, 0.2) is 0 Å². The standard InChI is InChI=1S/C6H10ClNO4/c1-6(2-3-7,8(11)12)4-5(9)10/h2-4H2,1H3,(H,9,10). The van der Waals surface area contributed by atoms with Gasteiger partial charge in [-0.3, -0.25) is 14.9 Å². The molecule has 5 nitrogen and oxygen atoms in total. The third-order valence-electron chi connectivity index (χ3n) is 1.61. The largest absolute Gasteiger partial charge is 0.481 e. The Morgan fingerprint density at radius 2 is 2.25 bits per heavy atom. The van der Waals surface area contributed by atoms with Crippen LogP contribution in [0.3, 0.4) is 0 Å². The monoisotopic (exact) mass is 195 g/mol. The van der Waals surface area contributed by atoms with Crippen LogP contribution >= 0.6 is 11.6 Å². The van der Waals surface area contributed by atoms with E-state index in [4.69, 9.17) is 16.7 Å². The van der Waals surface area contributed by atoms with Crippen molar-refractivity contribution >= 4 is 17.6 Å². The lowest BCUT2D eigenvalue weighted by molar-refractivity contribution is -0.564. The molecular weight excluding hydrogens is 186 g/mol. The van der Waals surface area contributed by atoms with Crippen molar-refractivity contribution in [1.29, 1.82) is 0 Å². The molecule has 0 aliphatic carbocycles. The Bertz CT molecular complexity index is 196. The third-order valence-corrected chi connectivity index (χ3v) is 1.79. The fourth-order valence-electron chi connectivity index (χ4n) is 0.774. The zero-order chi connectivity index (χ0) is 9.78. The van der Waals surface area contributed by atoms with Crippen molar-refractivity contribution in [2.75, 3.05) is 5.88 Å². The van der Waals surface area contributed by atoms with Crippen LogP contribution in [0.15, 0.2) is 0 Å². The maximum atomic E-state index is 10.4. The summed E-state index contributed by atoms with van der Waals surface area (Å²) in [5.41, 5.74) is -1.44. The van der Waals surface area contributed by atoms with Crippen molar-refractivity contribution in [3.63, 3.8) is 0 Å². The molecule has 0 fully saturated rings. The van der Waals surface area contributed by atoms with Gasteiger partial charge in [-0.1, -0.05) is 0 Å². The van der Waals surface area contributed by atoms with E-state index in [1.54, 1.807) is 0 Å². The average Bonchev–Trinajstić information content (AvgIpc) is 1.85. The molecule has 0 spiro atoms. The Hall–Kier alpha value is -0.840. The Balaban J connectivity index is 4.38. The van der Waals surface area contributed by atoms with Crippen LogP contribution in [0, 0.1) is 10.1 Å². The summed E-state index contributed by atoms with van der Waals surface area (Å²) in [5.74, 6) is -1.09. The number of carbonyl (C=O) groups is 1. The lowest BCUT2D eigenvalue weighted by Gasteiger charge is -2.16. The smallest absolute Gasteiger partial charge is 0.310 e. The van der Waals surface area contributed by atoms with E-state index in [2.05, 4.69) is 0 Å². The number of rotatable bonds is 5. The molecule has 1 atom stereocenters. The molecule has 0 amide bonds. The summed E-state index contributed by atoms with van der Waals surface area (Å²) in [6.45, 7) is 1.28. The second-order valence-electron chi connectivity index (χ2n) is 2.76. The number of nitro groups is 1. The maximum absolute atomic E-state index is 10.4. The number of aliphatic carboxylic acids is 1. The van der Waals surface area contributed by atoms with Crippen LogP contribution in [0.4, 0.5) is 0 Å². The van der Waals surface area contributed by atoms with Crippen LogP contribution < -0.4 is 0 Å². The molecule has 0 aromatic carbocycles. The van der Waals surface area contributed by atoms with Gasteiger partial charge in [0, 0.05) is 24.1 Å². The summed E-state index contributed by atoms with van der Waals surface area (Å²) < 4.78 is 0. The minimum atomic E-state index is -1.44. The van der Waals surface area contributed by atoms with Gasteiger partial charge in [0.2, 0.25) is 5.54 Å². The third kappa shape index (κ3) is 3.04. The van der Waals surface area contributed by atoms with E-state index in [1.165, 1.54) is 6.92 Å². The lowest BCUT2D eigenvalue weighted by atomic mass is 9.96. The number of halogens is 1. The molecule has 1 N–H and O–H groups in total. The molecule has 0 rings (SSSR count). The van der Waals surface area contributed by atoms with Gasteiger partial charge in [-0.25, -0.2) is 0 Å². The van der Waals surface area contributed by atoms with Crippen LogP contribution in [0.25, 0.3) is 0 Å². The number of carboxylic acids is 1. The minimum absolute atomic E-state index is 0.0633. The van der Waals surface area contributed by atoms with Crippen molar-refractivity contribution in [2.24, 2.45) is 0 Å². The molecule has 0 bridgehead atoms. The molecule has 0 radical (unpaired) electrons. The molecule has 0 aromatic rings. The molecule has 0 saturated carbocycles. The van der Waals surface area contributed by atoms with Gasteiger partial charge in [0.1, 0.15) is 6.42 Å². The van der Waals surface area contributed by atoms with Gasteiger partial charge in [0.25, 0.3) is 0 Å². The Morgan fingerprint density at radius 3 is 2.50 bits per heavy atom. The highest BCUT2D eigenvalue weighted by atomic mass is 35.5. The highest BCUT2D eigenvalue weighted by Crippen LogP contribution is 2.19. The van der Waals surface area contributed by atoms with E-state index in [9.17, 15) is 14.9 Å². The second kappa shape index (κ2) is 4.25. The predicted octanol–water partition coefficient (Wildman–Crippen LogP) is 1.13. The van der Waals surface area contributed by atoms with E-state index in [0.717, 1.165) is 0 Å². The fraction of sp³-hybridized carbons (Fsp3) is 0.833. The van der Waals surface area contributed by atoms with E-state index in [1.807, 2.05) is 0 Å². The molecule has 0 aromatic heterocycles. The average molecular weight is 196 g/mol. The summed E-state index contributed by atoms with van der Waals surface area (Å²) in [6.07, 6.45) is -0.430. The number of nitrogens with zero attached hydrogens (tertiary/aromatic N) is 1. The van der Waals surface area contributed by atoms with Gasteiger partial charge in [0.05, 0.1) is 0 Å². The summed E-state index contributed by atoms with van der Waals surface area (Å²) >= 11 is 5.32. The zero-order valence-electron chi connectivity index (χ0n) is 6.62. The highest BCUT2D eigenvalue weighted by Gasteiger charge is 2.38. The molecule has 0 aliphatic rings. The summed E-state index contributed by atoms with van der Waals surface area (Å²) in [6, 6.07) is 0. The van der Waals surface area contributed by atoms with Crippen molar-refractivity contribution in [3.05, 3.63) is 10.1 Å².